The van der Waals surface area contributed by atoms with Crippen LogP contribution >= 0.6 is 0 Å². The SMILES string of the molecule is N#CN=C(N)C1CNCN(C(=O)NCNC(N)=O)C1. The van der Waals surface area contributed by atoms with Gasteiger partial charge in [0.05, 0.1) is 13.3 Å². The summed E-state index contributed by atoms with van der Waals surface area (Å²) in [5, 5.41) is 16.1. The summed E-state index contributed by atoms with van der Waals surface area (Å²) in [7, 11) is 0. The Morgan fingerprint density at radius 3 is 2.84 bits per heavy atom. The first-order valence-electron chi connectivity index (χ1n) is 5.53. The fourth-order valence-corrected chi connectivity index (χ4v) is 1.59. The highest BCUT2D eigenvalue weighted by Crippen LogP contribution is 2.05. The van der Waals surface area contributed by atoms with Crippen LogP contribution < -0.4 is 27.4 Å². The molecule has 0 aromatic carbocycles. The normalized spacial score (nSPS) is 19.4. The molecule has 0 radical (unpaired) electrons. The van der Waals surface area contributed by atoms with Crippen LogP contribution in [0.5, 0.6) is 0 Å². The number of amidine groups is 1. The van der Waals surface area contributed by atoms with Crippen LogP contribution in [-0.4, -0.2) is 49.2 Å². The Kier molecular flexibility index (Phi) is 5.36. The molecular weight excluding hydrogens is 252 g/mol. The molecule has 10 nitrogen and oxygen atoms in total. The van der Waals surface area contributed by atoms with E-state index in [1.54, 1.807) is 6.19 Å². The topological polar surface area (TPSA) is 162 Å². The molecular formula is C9H16N8O2. The largest absolute Gasteiger partial charge is 0.386 e. The minimum Gasteiger partial charge on any atom is -0.386 e. The van der Waals surface area contributed by atoms with E-state index in [4.69, 9.17) is 16.7 Å². The summed E-state index contributed by atoms with van der Waals surface area (Å²) < 4.78 is 0. The number of urea groups is 2. The van der Waals surface area contributed by atoms with Crippen molar-refractivity contribution in [1.82, 2.24) is 20.9 Å². The third kappa shape index (κ3) is 4.68. The number of primary amides is 1. The molecule has 1 unspecified atom stereocenters. The van der Waals surface area contributed by atoms with Crippen molar-refractivity contribution < 1.29 is 9.59 Å². The zero-order valence-corrected chi connectivity index (χ0v) is 10.2. The molecule has 4 amide bonds. The van der Waals surface area contributed by atoms with Crippen molar-refractivity contribution in [2.75, 3.05) is 26.4 Å². The molecule has 19 heavy (non-hydrogen) atoms. The van der Waals surface area contributed by atoms with Crippen molar-refractivity contribution in [1.29, 1.82) is 5.26 Å². The summed E-state index contributed by atoms with van der Waals surface area (Å²) in [4.78, 5) is 27.1. The van der Waals surface area contributed by atoms with E-state index >= 15 is 0 Å². The number of hydrogen-bond donors (Lipinski definition) is 5. The second-order valence-electron chi connectivity index (χ2n) is 3.87. The Morgan fingerprint density at radius 1 is 1.47 bits per heavy atom. The summed E-state index contributed by atoms with van der Waals surface area (Å²) in [6.45, 7) is 1.17. The molecule has 0 spiro atoms. The number of carbonyl (C=O) groups excluding carboxylic acids is 2. The second kappa shape index (κ2) is 7.02. The van der Waals surface area contributed by atoms with Gasteiger partial charge < -0.3 is 27.0 Å². The number of nitrogens with one attached hydrogen (secondary N) is 3. The van der Waals surface area contributed by atoms with Crippen LogP contribution in [0.4, 0.5) is 9.59 Å². The Hall–Kier alpha value is -2.54. The van der Waals surface area contributed by atoms with Crippen LogP contribution in [0.25, 0.3) is 0 Å². The molecule has 7 N–H and O–H groups in total. The average molecular weight is 268 g/mol. The quantitative estimate of drug-likeness (QED) is 0.167. The van der Waals surface area contributed by atoms with E-state index in [-0.39, 0.29) is 24.5 Å². The lowest BCUT2D eigenvalue weighted by atomic mass is 10.1. The molecule has 10 heteroatoms. The van der Waals surface area contributed by atoms with E-state index in [0.717, 1.165) is 0 Å². The van der Waals surface area contributed by atoms with Crippen LogP contribution in [0.15, 0.2) is 4.99 Å². The predicted molar refractivity (Wildman–Crippen MR) is 66.4 cm³/mol. The maximum Gasteiger partial charge on any atom is 0.319 e. The minimum atomic E-state index is -0.722. The van der Waals surface area contributed by atoms with Gasteiger partial charge in [-0.25, -0.2) is 9.59 Å². The minimum absolute atomic E-state index is 0.0584. The number of carbonyl (C=O) groups is 2. The zero-order valence-electron chi connectivity index (χ0n) is 10.2. The molecule has 0 bridgehead atoms. The molecule has 0 saturated carbocycles. The van der Waals surface area contributed by atoms with Gasteiger partial charge in [-0.15, -0.1) is 0 Å². The molecule has 1 aliphatic heterocycles. The maximum absolute atomic E-state index is 11.7. The monoisotopic (exact) mass is 268 g/mol. The lowest BCUT2D eigenvalue weighted by molar-refractivity contribution is 0.173. The molecule has 0 aromatic rings. The Balaban J connectivity index is 2.46. The first-order chi connectivity index (χ1) is 9.04. The molecule has 1 saturated heterocycles. The van der Waals surface area contributed by atoms with Gasteiger partial charge in [-0.2, -0.15) is 10.3 Å². The zero-order chi connectivity index (χ0) is 14.3. The third-order valence-corrected chi connectivity index (χ3v) is 2.52. The third-order valence-electron chi connectivity index (χ3n) is 2.52. The van der Waals surface area contributed by atoms with Gasteiger partial charge in [0.2, 0.25) is 6.19 Å². The number of rotatable bonds is 3. The van der Waals surface area contributed by atoms with E-state index in [1.165, 1.54) is 4.90 Å². The first kappa shape index (κ1) is 14.5. The van der Waals surface area contributed by atoms with E-state index in [2.05, 4.69) is 20.9 Å². The van der Waals surface area contributed by atoms with Gasteiger partial charge in [0.1, 0.15) is 5.84 Å². The van der Waals surface area contributed by atoms with E-state index in [1.807, 2.05) is 0 Å². The van der Waals surface area contributed by atoms with Gasteiger partial charge in [0.15, 0.2) is 0 Å². The van der Waals surface area contributed by atoms with E-state index < -0.39 is 6.03 Å². The smallest absolute Gasteiger partial charge is 0.319 e. The van der Waals surface area contributed by atoms with Crippen molar-refractivity contribution in [2.24, 2.45) is 22.4 Å². The highest BCUT2D eigenvalue weighted by atomic mass is 16.2. The molecule has 0 aliphatic carbocycles. The number of nitrogens with two attached hydrogens (primary N) is 2. The van der Waals surface area contributed by atoms with Crippen molar-refractivity contribution in [2.45, 2.75) is 0 Å². The molecule has 1 heterocycles. The number of amides is 4. The van der Waals surface area contributed by atoms with E-state index in [9.17, 15) is 9.59 Å². The second-order valence-corrected chi connectivity index (χ2v) is 3.87. The molecule has 1 atom stereocenters. The Bertz CT molecular complexity index is 415. The summed E-state index contributed by atoms with van der Waals surface area (Å²) in [6, 6.07) is -1.10. The van der Waals surface area contributed by atoms with Crippen molar-refractivity contribution in [3.63, 3.8) is 0 Å². The van der Waals surface area contributed by atoms with Crippen molar-refractivity contribution >= 4 is 17.9 Å². The highest BCUT2D eigenvalue weighted by Gasteiger charge is 2.25. The fraction of sp³-hybridized carbons (Fsp3) is 0.556. The average Bonchev–Trinajstić information content (AvgIpc) is 2.38. The number of aliphatic imine (C=N–C) groups is 1. The standard InChI is InChI=1S/C9H16N8O2/c10-3-14-7(11)6-1-13-5-17(2-6)9(19)16-4-15-8(12)18/h6,13H,1-2,4-5H2,(H2,11,14)(H,16,19)(H3,12,15,18). The van der Waals surface area contributed by atoms with E-state index in [0.29, 0.717) is 19.8 Å². The van der Waals surface area contributed by atoms with Crippen LogP contribution in [0.1, 0.15) is 0 Å². The molecule has 1 aliphatic rings. The summed E-state index contributed by atoms with van der Waals surface area (Å²) in [6.07, 6.45) is 1.61. The van der Waals surface area contributed by atoms with Gasteiger partial charge in [-0.05, 0) is 0 Å². The number of hydrogen-bond acceptors (Lipinski definition) is 5. The highest BCUT2D eigenvalue weighted by molar-refractivity contribution is 5.85. The van der Waals surface area contributed by atoms with Crippen LogP contribution in [-0.2, 0) is 0 Å². The van der Waals surface area contributed by atoms with Crippen LogP contribution in [0.2, 0.25) is 0 Å². The molecule has 0 aromatic heterocycles. The summed E-state index contributed by atoms with van der Waals surface area (Å²) in [5.41, 5.74) is 10.5. The maximum atomic E-state index is 11.7. The van der Waals surface area contributed by atoms with Crippen molar-refractivity contribution in [3.05, 3.63) is 0 Å². The lowest BCUT2D eigenvalue weighted by Gasteiger charge is -2.32. The fourth-order valence-electron chi connectivity index (χ4n) is 1.59. The van der Waals surface area contributed by atoms with Gasteiger partial charge in [0, 0.05) is 19.0 Å². The lowest BCUT2D eigenvalue weighted by Crippen LogP contribution is -2.56. The van der Waals surface area contributed by atoms with Crippen molar-refractivity contribution in [3.8, 4) is 6.19 Å². The van der Waals surface area contributed by atoms with Gasteiger partial charge in [0.25, 0.3) is 0 Å². The summed E-state index contributed by atoms with van der Waals surface area (Å²) in [5.74, 6) is -0.0361. The summed E-state index contributed by atoms with van der Waals surface area (Å²) >= 11 is 0. The number of nitrogens with zero attached hydrogens (tertiary/aromatic N) is 3. The van der Waals surface area contributed by atoms with Gasteiger partial charge in [-0.3, -0.25) is 5.32 Å². The Morgan fingerprint density at radius 2 is 2.21 bits per heavy atom. The molecule has 1 fully saturated rings. The van der Waals surface area contributed by atoms with Gasteiger partial charge in [-0.1, -0.05) is 0 Å². The Labute approximate surface area is 109 Å². The number of nitriles is 1. The predicted octanol–water partition coefficient (Wildman–Crippen LogP) is -2.36. The van der Waals surface area contributed by atoms with Gasteiger partial charge >= 0.3 is 12.1 Å². The first-order valence-corrected chi connectivity index (χ1v) is 5.53. The van der Waals surface area contributed by atoms with Crippen LogP contribution in [0, 0.1) is 17.4 Å². The molecule has 1 rings (SSSR count). The van der Waals surface area contributed by atoms with Crippen LogP contribution in [0.3, 0.4) is 0 Å². The molecule has 104 valence electrons.